The molecule has 5 nitrogen and oxygen atoms in total. The summed E-state index contributed by atoms with van der Waals surface area (Å²) in [5.74, 6) is 2.55. The number of anilines is 1. The predicted octanol–water partition coefficient (Wildman–Crippen LogP) is 3.34. The highest BCUT2D eigenvalue weighted by molar-refractivity contribution is 5.90. The fraction of sp³-hybridized carbons (Fsp3) is 0.556. The molecule has 1 aliphatic heterocycles. The normalized spacial score (nSPS) is 19.8. The van der Waals surface area contributed by atoms with Crippen molar-refractivity contribution in [1.82, 2.24) is 9.97 Å². The first-order chi connectivity index (χ1) is 10.7. The van der Waals surface area contributed by atoms with Gasteiger partial charge in [0.25, 0.3) is 0 Å². The molecule has 5 heteroatoms. The minimum Gasteiger partial charge on any atom is -0.497 e. The van der Waals surface area contributed by atoms with E-state index in [1.165, 1.54) is 0 Å². The van der Waals surface area contributed by atoms with E-state index in [0.29, 0.717) is 0 Å². The number of fused-ring (bicyclic) bond motifs is 1. The third-order valence-corrected chi connectivity index (χ3v) is 3.99. The second-order valence-corrected chi connectivity index (χ2v) is 7.46. The van der Waals surface area contributed by atoms with Crippen molar-refractivity contribution in [1.29, 1.82) is 0 Å². The summed E-state index contributed by atoms with van der Waals surface area (Å²) in [6.07, 6.45) is 0. The van der Waals surface area contributed by atoms with Gasteiger partial charge in [-0.2, -0.15) is 0 Å². The predicted molar refractivity (Wildman–Crippen MR) is 92.3 cm³/mol. The van der Waals surface area contributed by atoms with Crippen LogP contribution in [0.1, 0.15) is 33.5 Å². The standard InChI is InChI=1S/C18H25N3O2/c1-12-19-15-8-7-13(22-6)9-14(15)16(20-12)21-10-17(2,3)23-18(4,5)11-21/h7-9H,10-11H2,1-6H3. The molecule has 0 saturated carbocycles. The molecule has 1 saturated heterocycles. The van der Waals surface area contributed by atoms with Crippen LogP contribution in [-0.2, 0) is 4.74 Å². The molecule has 23 heavy (non-hydrogen) atoms. The summed E-state index contributed by atoms with van der Waals surface area (Å²) < 4.78 is 11.6. The Morgan fingerprint density at radius 2 is 1.74 bits per heavy atom. The van der Waals surface area contributed by atoms with Crippen molar-refractivity contribution < 1.29 is 9.47 Å². The van der Waals surface area contributed by atoms with Crippen molar-refractivity contribution in [3.05, 3.63) is 24.0 Å². The van der Waals surface area contributed by atoms with E-state index in [-0.39, 0.29) is 11.2 Å². The second-order valence-electron chi connectivity index (χ2n) is 7.46. The van der Waals surface area contributed by atoms with Crippen molar-refractivity contribution in [3.8, 4) is 5.75 Å². The van der Waals surface area contributed by atoms with Crippen molar-refractivity contribution in [2.75, 3.05) is 25.1 Å². The minimum absolute atomic E-state index is 0.230. The van der Waals surface area contributed by atoms with Crippen LogP contribution in [0, 0.1) is 6.92 Å². The SMILES string of the molecule is COc1ccc2nc(C)nc(N3CC(C)(C)OC(C)(C)C3)c2c1. The van der Waals surface area contributed by atoms with Crippen molar-refractivity contribution in [2.24, 2.45) is 0 Å². The average molecular weight is 315 g/mol. The van der Waals surface area contributed by atoms with E-state index in [1.807, 2.05) is 25.1 Å². The largest absolute Gasteiger partial charge is 0.497 e. The lowest BCUT2D eigenvalue weighted by molar-refractivity contribution is -0.133. The Morgan fingerprint density at radius 3 is 2.35 bits per heavy atom. The highest BCUT2D eigenvalue weighted by atomic mass is 16.5. The van der Waals surface area contributed by atoms with Gasteiger partial charge in [0.05, 0.1) is 23.8 Å². The highest BCUT2D eigenvalue weighted by Crippen LogP contribution is 2.34. The molecule has 2 aromatic rings. The Morgan fingerprint density at radius 1 is 1.09 bits per heavy atom. The molecule has 0 amide bonds. The molecule has 3 rings (SSSR count). The Hall–Kier alpha value is -1.88. The molecular formula is C18H25N3O2. The summed E-state index contributed by atoms with van der Waals surface area (Å²) in [5, 5.41) is 1.02. The number of aromatic nitrogens is 2. The van der Waals surface area contributed by atoms with E-state index in [0.717, 1.165) is 41.4 Å². The number of aryl methyl sites for hydroxylation is 1. The molecular weight excluding hydrogens is 290 g/mol. The van der Waals surface area contributed by atoms with Crippen molar-refractivity contribution in [2.45, 2.75) is 45.8 Å². The molecule has 0 aliphatic carbocycles. The number of hydrogen-bond acceptors (Lipinski definition) is 5. The van der Waals surface area contributed by atoms with Gasteiger partial charge in [-0.05, 0) is 52.8 Å². The fourth-order valence-electron chi connectivity index (χ4n) is 3.51. The maximum absolute atomic E-state index is 6.19. The summed E-state index contributed by atoms with van der Waals surface area (Å²) >= 11 is 0. The monoisotopic (exact) mass is 315 g/mol. The molecule has 0 N–H and O–H groups in total. The quantitative estimate of drug-likeness (QED) is 0.850. The first-order valence-electron chi connectivity index (χ1n) is 7.97. The topological polar surface area (TPSA) is 47.5 Å². The second kappa shape index (κ2) is 5.34. The minimum atomic E-state index is -0.230. The molecule has 124 valence electrons. The van der Waals surface area contributed by atoms with Gasteiger partial charge in [0.2, 0.25) is 0 Å². The summed E-state index contributed by atoms with van der Waals surface area (Å²) in [5.41, 5.74) is 0.479. The van der Waals surface area contributed by atoms with Gasteiger partial charge < -0.3 is 14.4 Å². The molecule has 1 fully saturated rings. The van der Waals surface area contributed by atoms with Crippen molar-refractivity contribution in [3.63, 3.8) is 0 Å². The van der Waals surface area contributed by atoms with Gasteiger partial charge in [0, 0.05) is 18.5 Å². The van der Waals surface area contributed by atoms with Gasteiger partial charge in [-0.1, -0.05) is 0 Å². The molecule has 0 radical (unpaired) electrons. The van der Waals surface area contributed by atoms with Crippen LogP contribution >= 0.6 is 0 Å². The number of rotatable bonds is 2. The Bertz CT molecular complexity index is 724. The lowest BCUT2D eigenvalue weighted by Gasteiger charge is -2.47. The first kappa shape index (κ1) is 16.0. The van der Waals surface area contributed by atoms with Crippen LogP contribution in [0.4, 0.5) is 5.82 Å². The third kappa shape index (κ3) is 3.24. The number of methoxy groups -OCH3 is 1. The van der Waals surface area contributed by atoms with Gasteiger partial charge in [0.15, 0.2) is 0 Å². The molecule has 2 heterocycles. The molecule has 1 aromatic carbocycles. The lowest BCUT2D eigenvalue weighted by atomic mass is 9.98. The Balaban J connectivity index is 2.14. The van der Waals surface area contributed by atoms with Crippen LogP contribution < -0.4 is 9.64 Å². The summed E-state index contributed by atoms with van der Waals surface area (Å²) in [6, 6.07) is 5.94. The zero-order chi connectivity index (χ0) is 16.8. The molecule has 1 aliphatic rings. The van der Waals surface area contributed by atoms with Gasteiger partial charge >= 0.3 is 0 Å². The molecule has 0 bridgehead atoms. The lowest BCUT2D eigenvalue weighted by Crippen LogP contribution is -2.57. The maximum Gasteiger partial charge on any atom is 0.140 e. The van der Waals surface area contributed by atoms with Crippen LogP contribution in [0.2, 0.25) is 0 Å². The van der Waals surface area contributed by atoms with Gasteiger partial charge in [-0.25, -0.2) is 9.97 Å². The third-order valence-electron chi connectivity index (χ3n) is 3.99. The first-order valence-corrected chi connectivity index (χ1v) is 7.97. The Labute approximate surface area is 137 Å². The fourth-order valence-corrected chi connectivity index (χ4v) is 3.51. The number of hydrogen-bond donors (Lipinski definition) is 0. The van der Waals surface area contributed by atoms with Gasteiger partial charge in [-0.3, -0.25) is 0 Å². The zero-order valence-electron chi connectivity index (χ0n) is 14.8. The maximum atomic E-state index is 6.19. The van der Waals surface area contributed by atoms with Crippen LogP contribution in [-0.4, -0.2) is 41.4 Å². The van der Waals surface area contributed by atoms with E-state index >= 15 is 0 Å². The van der Waals surface area contributed by atoms with E-state index in [9.17, 15) is 0 Å². The number of morpholine rings is 1. The number of benzene rings is 1. The van der Waals surface area contributed by atoms with Crippen LogP contribution in [0.25, 0.3) is 10.9 Å². The van der Waals surface area contributed by atoms with E-state index in [2.05, 4.69) is 37.6 Å². The molecule has 1 aromatic heterocycles. The highest BCUT2D eigenvalue weighted by Gasteiger charge is 2.39. The van der Waals surface area contributed by atoms with Crippen LogP contribution in [0.15, 0.2) is 18.2 Å². The van der Waals surface area contributed by atoms with Crippen LogP contribution in [0.3, 0.4) is 0 Å². The molecule has 0 spiro atoms. The van der Waals surface area contributed by atoms with Crippen LogP contribution in [0.5, 0.6) is 5.75 Å². The smallest absolute Gasteiger partial charge is 0.140 e. The number of nitrogens with zero attached hydrogens (tertiary/aromatic N) is 3. The molecule has 0 atom stereocenters. The average Bonchev–Trinajstić information content (AvgIpc) is 2.42. The van der Waals surface area contributed by atoms with E-state index in [4.69, 9.17) is 14.5 Å². The van der Waals surface area contributed by atoms with Gasteiger partial charge in [0.1, 0.15) is 17.4 Å². The summed E-state index contributed by atoms with van der Waals surface area (Å²) in [4.78, 5) is 11.6. The van der Waals surface area contributed by atoms with E-state index in [1.54, 1.807) is 7.11 Å². The Kier molecular flexibility index (Phi) is 3.71. The molecule has 0 unspecified atom stereocenters. The summed E-state index contributed by atoms with van der Waals surface area (Å²) in [7, 11) is 1.68. The number of ether oxygens (including phenoxy) is 2. The summed E-state index contributed by atoms with van der Waals surface area (Å²) in [6.45, 7) is 12.0. The zero-order valence-corrected chi connectivity index (χ0v) is 14.8. The van der Waals surface area contributed by atoms with E-state index < -0.39 is 0 Å². The van der Waals surface area contributed by atoms with Gasteiger partial charge in [-0.15, -0.1) is 0 Å². The van der Waals surface area contributed by atoms with Crippen molar-refractivity contribution >= 4 is 16.7 Å².